The molecule has 0 aliphatic carbocycles. The van der Waals surface area contributed by atoms with Crippen molar-refractivity contribution in [2.24, 2.45) is 0 Å². The first-order valence-corrected chi connectivity index (χ1v) is 8.40. The normalized spacial score (nSPS) is 11.0. The Morgan fingerprint density at radius 1 is 1.28 bits per heavy atom. The number of carboxylic acid groups (broad SMARTS) is 1. The zero-order valence-electron chi connectivity index (χ0n) is 14.7. The molecule has 130 valence electrons. The third-order valence-electron chi connectivity index (χ3n) is 4.37. The molecule has 0 aliphatic rings. The van der Waals surface area contributed by atoms with Crippen LogP contribution in [0, 0.1) is 6.92 Å². The molecule has 5 heteroatoms. The van der Waals surface area contributed by atoms with Crippen LogP contribution in [0.4, 0.5) is 0 Å². The lowest BCUT2D eigenvalue weighted by atomic mass is 10.0. The van der Waals surface area contributed by atoms with Crippen LogP contribution in [0.15, 0.2) is 36.4 Å². The summed E-state index contributed by atoms with van der Waals surface area (Å²) in [5.74, 6) is 0.728. The molecule has 2 aromatic carbocycles. The van der Waals surface area contributed by atoms with Crippen LogP contribution >= 0.6 is 0 Å². The summed E-state index contributed by atoms with van der Waals surface area (Å²) in [6.45, 7) is 4.93. The minimum atomic E-state index is -0.816. The standard InChI is InChI=1S/C20H22N2O3/c1-4-22-17-10-8-13(2)12-16(17)21-20(22)15-7-5-6-14(19(15)25-3)9-11-18(23)24/h5-8,10,12H,4,9,11H2,1-3H3,(H,23,24). The number of benzene rings is 2. The molecule has 0 spiro atoms. The Kier molecular flexibility index (Phi) is 4.74. The molecule has 0 saturated carbocycles. The van der Waals surface area contributed by atoms with E-state index in [1.165, 1.54) is 5.56 Å². The lowest BCUT2D eigenvalue weighted by Gasteiger charge is -2.14. The van der Waals surface area contributed by atoms with Crippen molar-refractivity contribution in [2.75, 3.05) is 7.11 Å². The van der Waals surface area contributed by atoms with E-state index >= 15 is 0 Å². The van der Waals surface area contributed by atoms with E-state index in [1.54, 1.807) is 7.11 Å². The van der Waals surface area contributed by atoms with E-state index in [-0.39, 0.29) is 6.42 Å². The van der Waals surface area contributed by atoms with E-state index in [1.807, 2.05) is 18.2 Å². The first-order valence-electron chi connectivity index (χ1n) is 8.40. The van der Waals surface area contributed by atoms with Crippen molar-refractivity contribution in [1.29, 1.82) is 0 Å². The number of carbonyl (C=O) groups is 1. The Morgan fingerprint density at radius 3 is 2.76 bits per heavy atom. The number of aryl methyl sites for hydroxylation is 3. The Morgan fingerprint density at radius 2 is 2.08 bits per heavy atom. The van der Waals surface area contributed by atoms with Crippen molar-refractivity contribution < 1.29 is 14.6 Å². The maximum atomic E-state index is 10.9. The van der Waals surface area contributed by atoms with Crippen LogP contribution in [0.1, 0.15) is 24.5 Å². The van der Waals surface area contributed by atoms with Gasteiger partial charge in [0.25, 0.3) is 0 Å². The van der Waals surface area contributed by atoms with Crippen LogP contribution in [0.5, 0.6) is 5.75 Å². The number of para-hydroxylation sites is 1. The van der Waals surface area contributed by atoms with Crippen molar-refractivity contribution >= 4 is 17.0 Å². The number of nitrogens with zero attached hydrogens (tertiary/aromatic N) is 2. The zero-order valence-corrected chi connectivity index (χ0v) is 14.7. The molecule has 1 N–H and O–H groups in total. The van der Waals surface area contributed by atoms with Crippen molar-refractivity contribution in [2.45, 2.75) is 33.2 Å². The third-order valence-corrected chi connectivity index (χ3v) is 4.37. The van der Waals surface area contributed by atoms with Crippen molar-refractivity contribution in [3.05, 3.63) is 47.5 Å². The molecule has 1 heterocycles. The van der Waals surface area contributed by atoms with Crippen LogP contribution in [0.3, 0.4) is 0 Å². The molecule has 5 nitrogen and oxygen atoms in total. The topological polar surface area (TPSA) is 64.4 Å². The molecule has 0 atom stereocenters. The van der Waals surface area contributed by atoms with Gasteiger partial charge in [-0.25, -0.2) is 4.98 Å². The van der Waals surface area contributed by atoms with Crippen LogP contribution in [0.2, 0.25) is 0 Å². The molecule has 3 aromatic rings. The Balaban J connectivity index is 2.17. The van der Waals surface area contributed by atoms with Crippen LogP contribution in [0.25, 0.3) is 22.4 Å². The number of hydrogen-bond donors (Lipinski definition) is 1. The molecule has 25 heavy (non-hydrogen) atoms. The molecular weight excluding hydrogens is 316 g/mol. The van der Waals surface area contributed by atoms with Gasteiger partial charge in [-0.2, -0.15) is 0 Å². The zero-order chi connectivity index (χ0) is 18.0. The van der Waals surface area contributed by atoms with Crippen molar-refractivity contribution in [3.8, 4) is 17.1 Å². The number of aliphatic carboxylic acids is 1. The quantitative estimate of drug-likeness (QED) is 0.736. The van der Waals surface area contributed by atoms with E-state index < -0.39 is 5.97 Å². The highest BCUT2D eigenvalue weighted by molar-refractivity contribution is 5.83. The molecule has 0 aliphatic heterocycles. The first kappa shape index (κ1) is 17.0. The second-order valence-corrected chi connectivity index (χ2v) is 6.06. The summed E-state index contributed by atoms with van der Waals surface area (Å²) >= 11 is 0. The third kappa shape index (κ3) is 3.22. The van der Waals surface area contributed by atoms with Gasteiger partial charge in [0.2, 0.25) is 0 Å². The monoisotopic (exact) mass is 338 g/mol. The highest BCUT2D eigenvalue weighted by Gasteiger charge is 2.18. The summed E-state index contributed by atoms with van der Waals surface area (Å²) in [5, 5.41) is 8.97. The summed E-state index contributed by atoms with van der Waals surface area (Å²) in [5.41, 5.74) is 4.98. The molecule has 0 amide bonds. The smallest absolute Gasteiger partial charge is 0.303 e. The van der Waals surface area contributed by atoms with E-state index in [9.17, 15) is 4.79 Å². The van der Waals surface area contributed by atoms with Crippen LogP contribution < -0.4 is 4.74 Å². The fourth-order valence-corrected chi connectivity index (χ4v) is 3.21. The molecule has 0 fully saturated rings. The highest BCUT2D eigenvalue weighted by Crippen LogP contribution is 2.35. The minimum absolute atomic E-state index is 0.0726. The summed E-state index contributed by atoms with van der Waals surface area (Å²) < 4.78 is 7.80. The molecule has 0 unspecified atom stereocenters. The van der Waals surface area contributed by atoms with Gasteiger partial charge in [-0.3, -0.25) is 4.79 Å². The summed E-state index contributed by atoms with van der Waals surface area (Å²) in [4.78, 5) is 15.7. The average Bonchev–Trinajstić information content (AvgIpc) is 2.96. The predicted molar refractivity (Wildman–Crippen MR) is 98.1 cm³/mol. The van der Waals surface area contributed by atoms with Gasteiger partial charge in [0.15, 0.2) is 0 Å². The summed E-state index contributed by atoms with van der Waals surface area (Å²) in [6, 6.07) is 12.1. The first-order chi connectivity index (χ1) is 12.0. The number of carboxylic acids is 1. The number of aromatic nitrogens is 2. The number of hydrogen-bond acceptors (Lipinski definition) is 3. The van der Waals surface area contributed by atoms with Gasteiger partial charge in [0.05, 0.1) is 23.7 Å². The van der Waals surface area contributed by atoms with Crippen molar-refractivity contribution in [1.82, 2.24) is 9.55 Å². The van der Waals surface area contributed by atoms with Gasteiger partial charge in [-0.1, -0.05) is 18.2 Å². The molecule has 0 bridgehead atoms. The number of ether oxygens (including phenoxy) is 1. The van der Waals surface area contributed by atoms with Crippen LogP contribution in [-0.4, -0.2) is 27.7 Å². The Labute approximate surface area is 146 Å². The highest BCUT2D eigenvalue weighted by atomic mass is 16.5. The van der Waals surface area contributed by atoms with E-state index in [4.69, 9.17) is 14.8 Å². The van der Waals surface area contributed by atoms with E-state index in [0.29, 0.717) is 12.2 Å². The van der Waals surface area contributed by atoms with E-state index in [0.717, 1.165) is 34.5 Å². The van der Waals surface area contributed by atoms with Gasteiger partial charge in [-0.15, -0.1) is 0 Å². The second kappa shape index (κ2) is 6.97. The number of rotatable bonds is 6. The summed E-state index contributed by atoms with van der Waals surface area (Å²) in [7, 11) is 1.62. The fourth-order valence-electron chi connectivity index (χ4n) is 3.21. The largest absolute Gasteiger partial charge is 0.496 e. The molecular formula is C20H22N2O3. The Bertz CT molecular complexity index is 928. The lowest BCUT2D eigenvalue weighted by molar-refractivity contribution is -0.136. The SMILES string of the molecule is CCn1c(-c2cccc(CCC(=O)O)c2OC)nc2cc(C)ccc21. The van der Waals surface area contributed by atoms with Crippen molar-refractivity contribution in [3.63, 3.8) is 0 Å². The summed E-state index contributed by atoms with van der Waals surface area (Å²) in [6.07, 6.45) is 0.501. The van der Waals surface area contributed by atoms with E-state index in [2.05, 4.69) is 36.6 Å². The van der Waals surface area contributed by atoms with Gasteiger partial charge in [-0.05, 0) is 49.6 Å². The van der Waals surface area contributed by atoms with Gasteiger partial charge in [0.1, 0.15) is 11.6 Å². The molecule has 1 aromatic heterocycles. The average molecular weight is 338 g/mol. The predicted octanol–water partition coefficient (Wildman–Crippen LogP) is 4.06. The lowest BCUT2D eigenvalue weighted by Crippen LogP contribution is -2.03. The second-order valence-electron chi connectivity index (χ2n) is 6.06. The van der Waals surface area contributed by atoms with Gasteiger partial charge >= 0.3 is 5.97 Å². The number of fused-ring (bicyclic) bond motifs is 1. The minimum Gasteiger partial charge on any atom is -0.496 e. The van der Waals surface area contributed by atoms with Gasteiger partial charge in [0, 0.05) is 13.0 Å². The number of imidazole rings is 1. The molecule has 0 saturated heterocycles. The maximum Gasteiger partial charge on any atom is 0.303 e. The fraction of sp³-hybridized carbons (Fsp3) is 0.300. The Hall–Kier alpha value is -2.82. The maximum absolute atomic E-state index is 10.9. The molecule has 3 rings (SSSR count). The number of methoxy groups -OCH3 is 1. The van der Waals surface area contributed by atoms with Gasteiger partial charge < -0.3 is 14.4 Å². The van der Waals surface area contributed by atoms with Crippen LogP contribution in [-0.2, 0) is 17.8 Å². The molecule has 0 radical (unpaired) electrons.